The van der Waals surface area contributed by atoms with Crippen LogP contribution in [-0.4, -0.2) is 79.7 Å². The molecule has 2 aliphatic rings. The molecule has 0 aliphatic carbocycles. The van der Waals surface area contributed by atoms with Gasteiger partial charge < -0.3 is 30.7 Å². The molecule has 4 rings (SSSR count). The van der Waals surface area contributed by atoms with Gasteiger partial charge in [0.25, 0.3) is 5.91 Å². The van der Waals surface area contributed by atoms with Gasteiger partial charge in [0.1, 0.15) is 23.7 Å². The number of carbonyl (C=O) groups is 2. The molecule has 0 saturated carbocycles. The third-order valence-corrected chi connectivity index (χ3v) is 5.42. The van der Waals surface area contributed by atoms with Crippen molar-refractivity contribution < 1.29 is 19.1 Å². The highest BCUT2D eigenvalue weighted by Gasteiger charge is 2.29. The molecule has 180 valence electrons. The summed E-state index contributed by atoms with van der Waals surface area (Å²) in [5, 5.41) is 12.1. The number of nitrogens with one attached hydrogen (secondary N) is 4. The van der Waals surface area contributed by atoms with Crippen LogP contribution in [-0.2, 0) is 14.3 Å². The van der Waals surface area contributed by atoms with E-state index in [1.807, 2.05) is 29.2 Å². The highest BCUT2D eigenvalue weighted by atomic mass is 16.5. The normalized spacial score (nSPS) is 18.9. The lowest BCUT2D eigenvalue weighted by atomic mass is 10.1. The number of hydrogen-bond acceptors (Lipinski definition) is 9. The van der Waals surface area contributed by atoms with Gasteiger partial charge in [0.15, 0.2) is 0 Å². The van der Waals surface area contributed by atoms with Crippen LogP contribution in [0.1, 0.15) is 12.0 Å². The first kappa shape index (κ1) is 23.5. The summed E-state index contributed by atoms with van der Waals surface area (Å²) in [4.78, 5) is 35.6. The summed E-state index contributed by atoms with van der Waals surface area (Å²) in [7, 11) is 1.65. The number of anilines is 3. The monoisotopic (exact) mass is 467 g/mol. The first-order chi connectivity index (χ1) is 16.6. The molecule has 0 atom stereocenters. The van der Waals surface area contributed by atoms with Crippen molar-refractivity contribution in [1.29, 1.82) is 0 Å². The van der Waals surface area contributed by atoms with E-state index in [0.717, 1.165) is 12.1 Å². The fourth-order valence-electron chi connectivity index (χ4n) is 3.74. The van der Waals surface area contributed by atoms with E-state index in [4.69, 9.17) is 9.47 Å². The Balaban J connectivity index is 1.55. The highest BCUT2D eigenvalue weighted by molar-refractivity contribution is 6.32. The topological polar surface area (TPSA) is 130 Å². The molecule has 3 heterocycles. The van der Waals surface area contributed by atoms with Gasteiger partial charge in [-0.2, -0.15) is 0 Å². The molecule has 0 radical (unpaired) electrons. The van der Waals surface area contributed by atoms with Crippen molar-refractivity contribution in [3.63, 3.8) is 0 Å². The summed E-state index contributed by atoms with van der Waals surface area (Å²) >= 11 is 0. The maximum atomic E-state index is 12.6. The van der Waals surface area contributed by atoms with E-state index < -0.39 is 0 Å². The van der Waals surface area contributed by atoms with Gasteiger partial charge in [-0.3, -0.25) is 14.5 Å². The average Bonchev–Trinajstić information content (AvgIpc) is 3.16. The number of benzene rings is 1. The third kappa shape index (κ3) is 6.00. The molecule has 11 heteroatoms. The van der Waals surface area contributed by atoms with Crippen LogP contribution in [0.5, 0.6) is 5.75 Å². The Kier molecular flexibility index (Phi) is 7.89. The van der Waals surface area contributed by atoms with E-state index >= 15 is 0 Å². The Hall–Kier alpha value is -3.70. The number of aromatic nitrogens is 2. The molecule has 1 aromatic heterocycles. The molecule has 0 spiro atoms. The summed E-state index contributed by atoms with van der Waals surface area (Å²) in [6.45, 7) is 3.55. The molecule has 2 aromatic rings. The Morgan fingerprint density at radius 2 is 2.00 bits per heavy atom. The number of nitrogens with zero attached hydrogens (tertiary/aromatic N) is 3. The molecule has 1 aromatic carbocycles. The quantitative estimate of drug-likeness (QED) is 0.525. The molecule has 0 unspecified atom stereocenters. The lowest BCUT2D eigenvalue weighted by Gasteiger charge is -2.21. The molecular formula is C23H29N7O4. The van der Waals surface area contributed by atoms with E-state index in [9.17, 15) is 9.59 Å². The van der Waals surface area contributed by atoms with Gasteiger partial charge in [-0.05, 0) is 18.6 Å². The van der Waals surface area contributed by atoms with Gasteiger partial charge >= 0.3 is 0 Å². The third-order valence-electron chi connectivity index (χ3n) is 5.42. The zero-order valence-corrected chi connectivity index (χ0v) is 19.1. The highest BCUT2D eigenvalue weighted by Crippen LogP contribution is 2.34. The lowest BCUT2D eigenvalue weighted by Crippen LogP contribution is -2.41. The van der Waals surface area contributed by atoms with Crippen LogP contribution in [0.25, 0.3) is 5.57 Å². The molecule has 0 fully saturated rings. The largest absolute Gasteiger partial charge is 0.493 e. The molecule has 34 heavy (non-hydrogen) atoms. The van der Waals surface area contributed by atoms with Crippen molar-refractivity contribution in [2.24, 2.45) is 0 Å². The maximum absolute atomic E-state index is 12.6. The zero-order valence-electron chi connectivity index (χ0n) is 19.1. The van der Waals surface area contributed by atoms with E-state index in [0.29, 0.717) is 67.9 Å². The van der Waals surface area contributed by atoms with Crippen LogP contribution in [0.4, 0.5) is 17.3 Å². The molecular weight excluding hydrogens is 438 g/mol. The van der Waals surface area contributed by atoms with Crippen LogP contribution in [0.3, 0.4) is 0 Å². The van der Waals surface area contributed by atoms with Crippen molar-refractivity contribution in [3.05, 3.63) is 42.4 Å². The standard InChI is InChI=1S/C23H29N7O4/c1-33-11-9-30-8-3-10-34-17-5-2-4-16(12-17)26-13-18-20-21(25-7-6-24-19(31)14-30)27-15-28-22(20)29-23(18)32/h2,4-5,12-13,15,26H,3,6-11,14H2,1H3,(H,24,31)(H2,25,27,28,29,32)/b18-13-. The predicted octanol–water partition coefficient (Wildman–Crippen LogP) is 1.14. The Morgan fingerprint density at radius 1 is 1.15 bits per heavy atom. The second-order valence-corrected chi connectivity index (χ2v) is 7.88. The number of amides is 2. The summed E-state index contributed by atoms with van der Waals surface area (Å²) in [5.41, 5.74) is 1.79. The molecule has 2 amide bonds. The summed E-state index contributed by atoms with van der Waals surface area (Å²) in [6, 6.07) is 7.53. The first-order valence-electron chi connectivity index (χ1n) is 11.2. The minimum atomic E-state index is -0.270. The number of ether oxygens (including phenoxy) is 2. The second-order valence-electron chi connectivity index (χ2n) is 7.88. The molecule has 0 saturated heterocycles. The van der Waals surface area contributed by atoms with E-state index in [1.165, 1.54) is 6.33 Å². The van der Waals surface area contributed by atoms with Gasteiger partial charge in [0.2, 0.25) is 5.91 Å². The fourth-order valence-corrected chi connectivity index (χ4v) is 3.74. The fraction of sp³-hybridized carbons (Fsp3) is 0.391. The molecule has 2 bridgehead atoms. The minimum Gasteiger partial charge on any atom is -0.493 e. The van der Waals surface area contributed by atoms with Crippen LogP contribution in [0.2, 0.25) is 0 Å². The predicted molar refractivity (Wildman–Crippen MR) is 129 cm³/mol. The number of carbonyl (C=O) groups excluding carboxylic acids is 2. The number of rotatable bonds is 3. The van der Waals surface area contributed by atoms with Crippen LogP contribution in [0.15, 0.2) is 36.8 Å². The van der Waals surface area contributed by atoms with Crippen molar-refractivity contribution in [2.45, 2.75) is 6.42 Å². The van der Waals surface area contributed by atoms with Gasteiger partial charge in [0.05, 0.1) is 30.9 Å². The van der Waals surface area contributed by atoms with Crippen molar-refractivity contribution >= 4 is 34.7 Å². The minimum absolute atomic E-state index is 0.0704. The van der Waals surface area contributed by atoms with Gasteiger partial charge in [0, 0.05) is 51.2 Å². The van der Waals surface area contributed by atoms with E-state index in [-0.39, 0.29) is 18.4 Å². The smallest absolute Gasteiger partial charge is 0.259 e. The van der Waals surface area contributed by atoms with E-state index in [2.05, 4.69) is 31.2 Å². The van der Waals surface area contributed by atoms with Crippen molar-refractivity contribution in [2.75, 3.05) is 69.0 Å². The Morgan fingerprint density at radius 3 is 2.88 bits per heavy atom. The molecule has 11 nitrogen and oxygen atoms in total. The van der Waals surface area contributed by atoms with Gasteiger partial charge in [-0.15, -0.1) is 0 Å². The number of fused-ring (bicyclic) bond motifs is 2. The van der Waals surface area contributed by atoms with Gasteiger partial charge in [-0.25, -0.2) is 9.97 Å². The average molecular weight is 468 g/mol. The summed E-state index contributed by atoms with van der Waals surface area (Å²) < 4.78 is 11.1. The van der Waals surface area contributed by atoms with Gasteiger partial charge in [-0.1, -0.05) is 6.07 Å². The SMILES string of the molecule is COCCN1CCCOc2cccc(c2)N/C=C2\C(=O)Nc3ncnc(c32)NCCNC(=O)C1. The van der Waals surface area contributed by atoms with Crippen LogP contribution >= 0.6 is 0 Å². The summed E-state index contributed by atoms with van der Waals surface area (Å²) in [6.07, 6.45) is 3.79. The van der Waals surface area contributed by atoms with Crippen molar-refractivity contribution in [1.82, 2.24) is 20.2 Å². The van der Waals surface area contributed by atoms with Crippen LogP contribution in [0, 0.1) is 0 Å². The molecule has 4 N–H and O–H groups in total. The second kappa shape index (κ2) is 11.4. The first-order valence-corrected chi connectivity index (χ1v) is 11.2. The molecule has 2 aliphatic heterocycles. The lowest BCUT2D eigenvalue weighted by molar-refractivity contribution is -0.122. The van der Waals surface area contributed by atoms with Crippen LogP contribution < -0.4 is 26.0 Å². The number of hydrogen-bond donors (Lipinski definition) is 4. The Bertz CT molecular complexity index is 1060. The number of methoxy groups -OCH3 is 1. The zero-order chi connectivity index (χ0) is 23.8. The maximum Gasteiger partial charge on any atom is 0.259 e. The van der Waals surface area contributed by atoms with Crippen molar-refractivity contribution in [3.8, 4) is 5.75 Å². The van der Waals surface area contributed by atoms with E-state index in [1.54, 1.807) is 13.3 Å². The summed E-state index contributed by atoms with van der Waals surface area (Å²) in [5.74, 6) is 1.33. The Labute approximate surface area is 197 Å².